The maximum absolute atomic E-state index is 13.5. The van der Waals surface area contributed by atoms with Gasteiger partial charge in [0.25, 0.3) is 17.4 Å². The molecule has 13 nitrogen and oxygen atoms in total. The number of ether oxygens (including phenoxy) is 1. The monoisotopic (exact) mass is 830 g/mol. The summed E-state index contributed by atoms with van der Waals surface area (Å²) in [5.74, 6) is 0.334. The normalized spacial score (nSPS) is 26.1. The van der Waals surface area contributed by atoms with Crippen molar-refractivity contribution in [3.8, 4) is 11.8 Å². The largest absolute Gasteiger partial charge is 0.489 e. The van der Waals surface area contributed by atoms with Gasteiger partial charge in [-0.3, -0.25) is 29.4 Å². The number of hydrogen-bond donors (Lipinski definition) is 2. The molecule has 4 saturated heterocycles. The van der Waals surface area contributed by atoms with Gasteiger partial charge in [-0.1, -0.05) is 39.3 Å². The van der Waals surface area contributed by atoms with Gasteiger partial charge in [0, 0.05) is 96.5 Å². The van der Waals surface area contributed by atoms with Gasteiger partial charge >= 0.3 is 0 Å². The zero-order valence-corrected chi connectivity index (χ0v) is 35.2. The van der Waals surface area contributed by atoms with Crippen molar-refractivity contribution in [3.63, 3.8) is 0 Å². The number of piperazine rings is 1. The van der Waals surface area contributed by atoms with Crippen LogP contribution in [0.2, 0.25) is 5.02 Å². The molecule has 0 radical (unpaired) electrons. The molecule has 9 rings (SSSR count). The van der Waals surface area contributed by atoms with Crippen molar-refractivity contribution < 1.29 is 19.1 Å². The van der Waals surface area contributed by atoms with E-state index in [0.29, 0.717) is 45.3 Å². The van der Waals surface area contributed by atoms with E-state index in [2.05, 4.69) is 76.3 Å². The fraction of sp³-hybridized carbons (Fsp3) is 0.478. The first kappa shape index (κ1) is 40.0. The van der Waals surface area contributed by atoms with Crippen LogP contribution in [0.3, 0.4) is 0 Å². The van der Waals surface area contributed by atoms with Gasteiger partial charge in [-0.15, -0.1) is 0 Å². The highest BCUT2D eigenvalue weighted by molar-refractivity contribution is 6.31. The van der Waals surface area contributed by atoms with Gasteiger partial charge in [0.15, 0.2) is 0 Å². The number of anilines is 2. The van der Waals surface area contributed by atoms with Crippen LogP contribution in [0.1, 0.15) is 81.8 Å². The number of rotatable bonds is 9. The van der Waals surface area contributed by atoms with Gasteiger partial charge in [0.2, 0.25) is 5.91 Å². The Hall–Kier alpha value is -5.45. The van der Waals surface area contributed by atoms with Gasteiger partial charge in [0.05, 0.1) is 22.2 Å². The molecule has 312 valence electrons. The molecule has 2 bridgehead atoms. The molecule has 3 atom stereocenters. The predicted octanol–water partition coefficient (Wildman–Crippen LogP) is 5.69. The van der Waals surface area contributed by atoms with Crippen molar-refractivity contribution in [2.45, 2.75) is 90.1 Å². The summed E-state index contributed by atoms with van der Waals surface area (Å²) < 4.78 is 7.61. The van der Waals surface area contributed by atoms with Gasteiger partial charge in [0.1, 0.15) is 24.0 Å². The molecule has 3 unspecified atom stereocenters. The standard InChI is InChI=1S/C46H51ClN8O5/c1-45(2)43(46(3,4)44(45)60-35-11-7-29(22-48)37(47)21-35)51-40(57)28-5-8-31(9-6-28)52-17-15-27(16-18-52)24-53-25-34-20-33(53)26-54(34)32-10-12-36-30(19-32)23-49-55(42(36)59)38-13-14-39(56)50-41(38)58/h5-12,19,21,23,27,33-34,38,43-44H,13-18,20,24-26H2,1-4H3,(H,51,57)(H,50,56,58)/t33?,34?,38?,43-,44-. The Morgan fingerprint density at radius 3 is 2.35 bits per heavy atom. The molecule has 14 heteroatoms. The van der Waals surface area contributed by atoms with E-state index < -0.39 is 11.9 Å². The minimum atomic E-state index is -0.779. The number of benzene rings is 3. The van der Waals surface area contributed by atoms with Crippen LogP contribution in [-0.4, -0.2) is 89.4 Å². The summed E-state index contributed by atoms with van der Waals surface area (Å²) in [6.45, 7) is 13.5. The number of nitrogens with one attached hydrogen (secondary N) is 2. The summed E-state index contributed by atoms with van der Waals surface area (Å²) in [4.78, 5) is 58.4. The Morgan fingerprint density at radius 1 is 0.950 bits per heavy atom. The number of hydrogen-bond acceptors (Lipinski definition) is 10. The molecule has 4 aromatic rings. The topological polar surface area (TPSA) is 153 Å². The lowest BCUT2D eigenvalue weighted by Gasteiger charge is -2.63. The second kappa shape index (κ2) is 15.2. The zero-order valence-electron chi connectivity index (χ0n) is 34.5. The van der Waals surface area contributed by atoms with Crippen molar-refractivity contribution in [1.29, 1.82) is 5.26 Å². The molecular formula is C46H51ClN8O5. The van der Waals surface area contributed by atoms with Gasteiger partial charge in [-0.05, 0) is 86.2 Å². The summed E-state index contributed by atoms with van der Waals surface area (Å²) in [5, 5.41) is 20.8. The Kier molecular flexibility index (Phi) is 10.1. The van der Waals surface area contributed by atoms with Crippen LogP contribution in [0, 0.1) is 28.1 Å². The lowest BCUT2D eigenvalue weighted by atomic mass is 9.49. The molecule has 2 N–H and O–H groups in total. The average molecular weight is 831 g/mol. The molecule has 3 aromatic carbocycles. The number of carbonyl (C=O) groups excluding carboxylic acids is 3. The lowest BCUT2D eigenvalue weighted by molar-refractivity contribution is -0.164. The molecule has 1 aromatic heterocycles. The van der Waals surface area contributed by atoms with Gasteiger partial charge in [-0.25, -0.2) is 4.68 Å². The quantitative estimate of drug-likeness (QED) is 0.201. The Labute approximate surface area is 354 Å². The fourth-order valence-corrected chi connectivity index (χ4v) is 11.3. The number of halogens is 1. The van der Waals surface area contributed by atoms with E-state index in [9.17, 15) is 24.4 Å². The van der Waals surface area contributed by atoms with E-state index in [1.807, 2.05) is 30.3 Å². The highest BCUT2D eigenvalue weighted by Gasteiger charge is 2.64. The van der Waals surface area contributed by atoms with E-state index in [4.69, 9.17) is 16.3 Å². The third-order valence-corrected chi connectivity index (χ3v) is 14.3. The summed E-state index contributed by atoms with van der Waals surface area (Å²) >= 11 is 6.26. The first-order valence-corrected chi connectivity index (χ1v) is 21.5. The first-order chi connectivity index (χ1) is 28.7. The number of nitriles is 1. The summed E-state index contributed by atoms with van der Waals surface area (Å²) in [6, 6.07) is 21.1. The Bertz CT molecular complexity index is 2460. The minimum Gasteiger partial charge on any atom is -0.489 e. The third kappa shape index (κ3) is 7.07. The highest BCUT2D eigenvalue weighted by atomic mass is 35.5. The lowest BCUT2D eigenvalue weighted by Crippen LogP contribution is -2.74. The molecule has 5 aliphatic rings. The molecule has 3 amide bonds. The van der Waals surface area contributed by atoms with E-state index in [0.717, 1.165) is 68.7 Å². The maximum atomic E-state index is 13.5. The SMILES string of the molecule is CC1(C)[C@H](NC(=O)c2ccc(N3CCC(CN4CC5CC4CN5c4ccc5c(=O)n(C6CCC(=O)NC6=O)ncc5c4)CC3)cc2)C(C)(C)[C@H]1Oc1ccc(C#N)c(Cl)c1. The summed E-state index contributed by atoms with van der Waals surface area (Å²) in [7, 11) is 0. The van der Waals surface area contributed by atoms with Crippen molar-refractivity contribution >= 4 is 51.5 Å². The number of fused-ring (bicyclic) bond motifs is 3. The maximum Gasteiger partial charge on any atom is 0.275 e. The van der Waals surface area contributed by atoms with Crippen LogP contribution in [0.25, 0.3) is 10.8 Å². The molecular weight excluding hydrogens is 780 g/mol. The van der Waals surface area contributed by atoms with Crippen LogP contribution < -0.4 is 30.7 Å². The fourth-order valence-electron chi connectivity index (χ4n) is 11.1. The molecule has 0 spiro atoms. The van der Waals surface area contributed by atoms with Gasteiger partial charge < -0.3 is 19.9 Å². The number of likely N-dealkylation sites (tertiary alicyclic amines) is 1. The molecule has 5 fully saturated rings. The smallest absolute Gasteiger partial charge is 0.275 e. The highest BCUT2D eigenvalue weighted by Crippen LogP contribution is 2.55. The summed E-state index contributed by atoms with van der Waals surface area (Å²) in [5.41, 5.74) is 2.27. The van der Waals surface area contributed by atoms with Crippen molar-refractivity contribution in [1.82, 2.24) is 25.3 Å². The van der Waals surface area contributed by atoms with Crippen molar-refractivity contribution in [2.24, 2.45) is 16.7 Å². The number of nitrogens with zero attached hydrogens (tertiary/aromatic N) is 6. The van der Waals surface area contributed by atoms with Crippen LogP contribution >= 0.6 is 11.6 Å². The predicted molar refractivity (Wildman–Crippen MR) is 229 cm³/mol. The molecule has 1 saturated carbocycles. The van der Waals surface area contributed by atoms with E-state index in [-0.39, 0.29) is 53.2 Å². The van der Waals surface area contributed by atoms with Crippen LogP contribution in [-0.2, 0) is 9.59 Å². The first-order valence-electron chi connectivity index (χ1n) is 21.1. The molecule has 1 aliphatic carbocycles. The van der Waals surface area contributed by atoms with Gasteiger partial charge in [-0.2, -0.15) is 10.4 Å². The van der Waals surface area contributed by atoms with E-state index >= 15 is 0 Å². The summed E-state index contributed by atoms with van der Waals surface area (Å²) in [6.07, 6.45) is 5.31. The number of imide groups is 1. The zero-order chi connectivity index (χ0) is 42.1. The number of piperidine rings is 2. The van der Waals surface area contributed by atoms with E-state index in [1.165, 1.54) is 4.68 Å². The van der Waals surface area contributed by atoms with Crippen LogP contribution in [0.15, 0.2) is 71.7 Å². The van der Waals surface area contributed by atoms with Crippen LogP contribution in [0.4, 0.5) is 11.4 Å². The molecule has 5 heterocycles. The minimum absolute atomic E-state index is 0.0984. The van der Waals surface area contributed by atoms with Crippen molar-refractivity contribution in [3.05, 3.63) is 93.4 Å². The van der Waals surface area contributed by atoms with E-state index in [1.54, 1.807) is 24.4 Å². The average Bonchev–Trinajstić information content (AvgIpc) is 3.84. The second-order valence-corrected chi connectivity index (χ2v) is 19.0. The number of carbonyl (C=O) groups is 3. The van der Waals surface area contributed by atoms with Crippen LogP contribution in [0.5, 0.6) is 5.75 Å². The third-order valence-electron chi connectivity index (χ3n) is 14.0. The number of aromatic nitrogens is 2. The Morgan fingerprint density at radius 2 is 1.68 bits per heavy atom. The molecule has 4 aliphatic heterocycles. The number of amides is 3. The molecule has 60 heavy (non-hydrogen) atoms. The second-order valence-electron chi connectivity index (χ2n) is 18.6. The Balaban J connectivity index is 0.750. The van der Waals surface area contributed by atoms with Crippen molar-refractivity contribution in [2.75, 3.05) is 42.5 Å².